The van der Waals surface area contributed by atoms with Crippen LogP contribution in [0.2, 0.25) is 0 Å². The SMILES string of the molecule is CCCCSc1nnc2c(n1)O[C@H](c1ccc(OC)cc1)N(C(C)=O)c1ccccc1-2. The maximum absolute atomic E-state index is 12.8. The van der Waals surface area contributed by atoms with Crippen molar-refractivity contribution in [2.24, 2.45) is 0 Å². The van der Waals surface area contributed by atoms with Crippen LogP contribution in [0.4, 0.5) is 5.69 Å². The standard InChI is InChI=1S/C23H24N4O3S/c1-4-5-14-31-23-24-21-20(25-26-23)18-8-6-7-9-19(18)27(15(2)28)22(30-21)16-10-12-17(29-3)13-11-16/h6-13,22H,4-5,14H2,1-3H3/t22-/m1/s1. The van der Waals surface area contributed by atoms with Crippen molar-refractivity contribution < 1.29 is 14.3 Å². The Morgan fingerprint density at radius 2 is 1.94 bits per heavy atom. The molecule has 1 aliphatic heterocycles. The summed E-state index contributed by atoms with van der Waals surface area (Å²) in [5, 5.41) is 9.29. The van der Waals surface area contributed by atoms with Crippen molar-refractivity contribution in [1.29, 1.82) is 0 Å². The van der Waals surface area contributed by atoms with Gasteiger partial charge in [-0.05, 0) is 36.8 Å². The fourth-order valence-corrected chi connectivity index (χ4v) is 4.27. The van der Waals surface area contributed by atoms with Crippen molar-refractivity contribution >= 4 is 23.4 Å². The van der Waals surface area contributed by atoms with Crippen molar-refractivity contribution in [2.75, 3.05) is 17.8 Å². The summed E-state index contributed by atoms with van der Waals surface area (Å²) >= 11 is 1.55. The first-order valence-corrected chi connectivity index (χ1v) is 11.2. The fraction of sp³-hybridized carbons (Fsp3) is 0.304. The van der Waals surface area contributed by atoms with Gasteiger partial charge in [0.25, 0.3) is 0 Å². The minimum Gasteiger partial charge on any atom is -0.497 e. The number of thioether (sulfide) groups is 1. The molecule has 0 radical (unpaired) electrons. The minimum absolute atomic E-state index is 0.147. The number of aromatic nitrogens is 3. The lowest BCUT2D eigenvalue weighted by atomic mass is 10.1. The van der Waals surface area contributed by atoms with Crippen LogP contribution in [0.5, 0.6) is 11.6 Å². The molecule has 4 rings (SSSR count). The summed E-state index contributed by atoms with van der Waals surface area (Å²) in [6.45, 7) is 3.67. The van der Waals surface area contributed by atoms with Crippen molar-refractivity contribution in [2.45, 2.75) is 38.1 Å². The van der Waals surface area contributed by atoms with Crippen LogP contribution in [-0.2, 0) is 4.79 Å². The minimum atomic E-state index is -0.698. The lowest BCUT2D eigenvalue weighted by molar-refractivity contribution is -0.118. The Labute approximate surface area is 185 Å². The van der Waals surface area contributed by atoms with Crippen molar-refractivity contribution in [3.05, 3.63) is 54.1 Å². The van der Waals surface area contributed by atoms with E-state index < -0.39 is 6.23 Å². The number of methoxy groups -OCH3 is 1. The number of anilines is 1. The van der Waals surface area contributed by atoms with Crippen LogP contribution >= 0.6 is 11.8 Å². The first-order chi connectivity index (χ1) is 15.1. The Kier molecular flexibility index (Phi) is 6.36. The van der Waals surface area contributed by atoms with Gasteiger partial charge in [0.1, 0.15) is 5.75 Å². The van der Waals surface area contributed by atoms with Crippen LogP contribution in [-0.4, -0.2) is 34.0 Å². The highest BCUT2D eigenvalue weighted by Gasteiger charge is 2.34. The van der Waals surface area contributed by atoms with Gasteiger partial charge in [-0.25, -0.2) is 0 Å². The number of rotatable bonds is 6. The number of carbonyl (C=O) groups is 1. The van der Waals surface area contributed by atoms with Crippen molar-refractivity contribution in [3.63, 3.8) is 0 Å². The number of nitrogens with zero attached hydrogens (tertiary/aromatic N) is 4. The number of ether oxygens (including phenoxy) is 2. The van der Waals surface area contributed by atoms with E-state index in [9.17, 15) is 4.79 Å². The van der Waals surface area contributed by atoms with E-state index >= 15 is 0 Å². The topological polar surface area (TPSA) is 77.4 Å². The van der Waals surface area contributed by atoms with Crippen LogP contribution in [0.25, 0.3) is 11.3 Å². The Balaban J connectivity index is 1.83. The summed E-state index contributed by atoms with van der Waals surface area (Å²) in [5.41, 5.74) is 2.79. The molecule has 31 heavy (non-hydrogen) atoms. The summed E-state index contributed by atoms with van der Waals surface area (Å²) in [4.78, 5) is 19.1. The zero-order chi connectivity index (χ0) is 21.8. The fourth-order valence-electron chi connectivity index (χ4n) is 3.41. The number of hydrogen-bond donors (Lipinski definition) is 0. The molecule has 0 fully saturated rings. The van der Waals surface area contributed by atoms with Crippen molar-refractivity contribution in [1.82, 2.24) is 15.2 Å². The number of amides is 1. The average molecular weight is 437 g/mol. The molecular formula is C23H24N4O3S. The van der Waals surface area contributed by atoms with Gasteiger partial charge in [0.05, 0.1) is 12.8 Å². The molecule has 2 heterocycles. The maximum Gasteiger partial charge on any atom is 0.247 e. The van der Waals surface area contributed by atoms with Gasteiger partial charge in [-0.1, -0.05) is 43.3 Å². The van der Waals surface area contributed by atoms with Crippen LogP contribution in [0.15, 0.2) is 53.7 Å². The average Bonchev–Trinajstić information content (AvgIpc) is 2.93. The normalized spacial score (nSPS) is 14.8. The molecule has 3 aromatic rings. The molecule has 1 aliphatic rings. The molecule has 160 valence electrons. The molecule has 1 aromatic heterocycles. The highest BCUT2D eigenvalue weighted by Crippen LogP contribution is 2.43. The van der Waals surface area contributed by atoms with Gasteiger partial charge in [0, 0.05) is 23.8 Å². The molecule has 7 nitrogen and oxygen atoms in total. The van der Waals surface area contributed by atoms with Crippen LogP contribution in [0, 0.1) is 0 Å². The van der Waals surface area contributed by atoms with Gasteiger partial charge in [0.2, 0.25) is 23.2 Å². The predicted molar refractivity (Wildman–Crippen MR) is 120 cm³/mol. The van der Waals surface area contributed by atoms with Gasteiger partial charge in [0.15, 0.2) is 5.69 Å². The van der Waals surface area contributed by atoms with Crippen LogP contribution < -0.4 is 14.4 Å². The molecule has 8 heteroatoms. The molecule has 0 saturated heterocycles. The van der Waals surface area contributed by atoms with E-state index in [1.165, 1.54) is 6.92 Å². The molecular weight excluding hydrogens is 412 g/mol. The molecule has 1 atom stereocenters. The number of unbranched alkanes of at least 4 members (excludes halogenated alkanes) is 1. The molecule has 0 saturated carbocycles. The second-order valence-corrected chi connectivity index (χ2v) is 8.16. The third kappa shape index (κ3) is 4.34. The van der Waals surface area contributed by atoms with Gasteiger partial charge >= 0.3 is 0 Å². The first kappa shape index (κ1) is 21.1. The van der Waals surface area contributed by atoms with Gasteiger partial charge in [-0.3, -0.25) is 9.69 Å². The third-order valence-corrected chi connectivity index (χ3v) is 5.90. The molecule has 0 N–H and O–H groups in total. The lowest BCUT2D eigenvalue weighted by Gasteiger charge is -2.29. The van der Waals surface area contributed by atoms with E-state index in [0.29, 0.717) is 22.4 Å². The highest BCUT2D eigenvalue weighted by molar-refractivity contribution is 7.99. The van der Waals surface area contributed by atoms with Crippen LogP contribution in [0.1, 0.15) is 38.5 Å². The lowest BCUT2D eigenvalue weighted by Crippen LogP contribution is -2.36. The van der Waals surface area contributed by atoms with Gasteiger partial charge < -0.3 is 9.47 Å². The molecule has 0 unspecified atom stereocenters. The van der Waals surface area contributed by atoms with Crippen molar-refractivity contribution in [3.8, 4) is 22.9 Å². The zero-order valence-electron chi connectivity index (χ0n) is 17.7. The number of hydrogen-bond acceptors (Lipinski definition) is 7. The molecule has 0 spiro atoms. The summed E-state index contributed by atoms with van der Waals surface area (Å²) < 4.78 is 11.6. The van der Waals surface area contributed by atoms with E-state index in [0.717, 1.165) is 35.5 Å². The predicted octanol–water partition coefficient (Wildman–Crippen LogP) is 4.88. The van der Waals surface area contributed by atoms with E-state index in [4.69, 9.17) is 9.47 Å². The Morgan fingerprint density at radius 3 is 2.65 bits per heavy atom. The van der Waals surface area contributed by atoms with Gasteiger partial charge in [-0.15, -0.1) is 10.2 Å². The van der Waals surface area contributed by atoms with E-state index in [1.54, 1.807) is 23.8 Å². The second kappa shape index (κ2) is 9.34. The Morgan fingerprint density at radius 1 is 1.16 bits per heavy atom. The Bertz CT molecular complexity index is 1070. The monoisotopic (exact) mass is 436 g/mol. The van der Waals surface area contributed by atoms with E-state index in [2.05, 4.69) is 22.1 Å². The largest absolute Gasteiger partial charge is 0.497 e. The summed E-state index contributed by atoms with van der Waals surface area (Å²) in [5.74, 6) is 1.86. The quantitative estimate of drug-likeness (QED) is 0.402. The summed E-state index contributed by atoms with van der Waals surface area (Å²) in [7, 11) is 1.62. The first-order valence-electron chi connectivity index (χ1n) is 10.2. The third-order valence-electron chi connectivity index (χ3n) is 4.98. The van der Waals surface area contributed by atoms with Gasteiger partial charge in [-0.2, -0.15) is 4.98 Å². The number of para-hydroxylation sites is 1. The zero-order valence-corrected chi connectivity index (χ0v) is 18.6. The summed E-state index contributed by atoms with van der Waals surface area (Å²) in [6, 6.07) is 15.1. The second-order valence-electron chi connectivity index (χ2n) is 7.10. The molecule has 0 aliphatic carbocycles. The van der Waals surface area contributed by atoms with E-state index in [1.807, 2.05) is 48.5 Å². The number of benzene rings is 2. The molecule has 1 amide bonds. The number of carbonyl (C=O) groups excluding carboxylic acids is 1. The van der Waals surface area contributed by atoms with Crippen LogP contribution in [0.3, 0.4) is 0 Å². The van der Waals surface area contributed by atoms with E-state index in [-0.39, 0.29) is 5.91 Å². The summed E-state index contributed by atoms with van der Waals surface area (Å²) in [6.07, 6.45) is 1.47. The maximum atomic E-state index is 12.8. The highest BCUT2D eigenvalue weighted by atomic mass is 32.2. The molecule has 0 bridgehead atoms. The molecule has 2 aromatic carbocycles. The Hall–Kier alpha value is -3.13. The smallest absolute Gasteiger partial charge is 0.247 e. The number of fused-ring (bicyclic) bond motifs is 3.